The van der Waals surface area contributed by atoms with Crippen LogP contribution in [0.15, 0.2) is 53.3 Å². The molecule has 2 aliphatic rings. The van der Waals surface area contributed by atoms with Crippen molar-refractivity contribution in [2.45, 2.75) is 48.4 Å². The number of nitrogens with zero attached hydrogens (tertiary/aromatic N) is 3. The Morgan fingerprint density at radius 2 is 1.89 bits per heavy atom. The van der Waals surface area contributed by atoms with Gasteiger partial charge in [0.05, 0.1) is 23.1 Å². The highest BCUT2D eigenvalue weighted by Gasteiger charge is 2.37. The van der Waals surface area contributed by atoms with E-state index in [1.807, 2.05) is 30.6 Å². The third-order valence-electron chi connectivity index (χ3n) is 5.86. The van der Waals surface area contributed by atoms with Crippen molar-refractivity contribution in [3.63, 3.8) is 0 Å². The molecule has 1 aliphatic carbocycles. The Labute approximate surface area is 170 Å². The van der Waals surface area contributed by atoms with Gasteiger partial charge in [-0.15, -0.1) is 0 Å². The van der Waals surface area contributed by atoms with Crippen LogP contribution in [0.2, 0.25) is 5.02 Å². The van der Waals surface area contributed by atoms with Crippen LogP contribution in [0.25, 0.3) is 0 Å². The molecule has 1 saturated carbocycles. The first-order valence-corrected chi connectivity index (χ1v) is 10.8. The molecule has 1 N–H and O–H groups in total. The van der Waals surface area contributed by atoms with Gasteiger partial charge in [-0.25, -0.2) is 9.97 Å². The number of benzene rings is 1. The van der Waals surface area contributed by atoms with E-state index in [-0.39, 0.29) is 0 Å². The van der Waals surface area contributed by atoms with Gasteiger partial charge in [-0.2, -0.15) is 0 Å². The molecule has 1 aromatic heterocycles. The highest BCUT2D eigenvalue weighted by atomic mass is 35.5. The van der Waals surface area contributed by atoms with E-state index in [0.717, 1.165) is 34.5 Å². The molecule has 6 heteroatoms. The van der Waals surface area contributed by atoms with Crippen molar-refractivity contribution in [1.82, 2.24) is 9.97 Å². The minimum Gasteiger partial charge on any atom is -0.361 e. The minimum absolute atomic E-state index is 0.626. The molecule has 4 rings (SSSR count). The lowest BCUT2D eigenvalue weighted by Gasteiger charge is -2.39. The normalized spacial score (nSPS) is 18.6. The molecule has 2 aromatic rings. The van der Waals surface area contributed by atoms with Gasteiger partial charge in [0.2, 0.25) is 0 Å². The summed E-state index contributed by atoms with van der Waals surface area (Å²) in [7, 11) is 0. The SMILES string of the molecule is C=CNc1cccc(Sc2cnc(N3CCC4(CCCC4)CC3)cn2)c1Cl. The quantitative estimate of drug-likeness (QED) is 0.666. The monoisotopic (exact) mass is 400 g/mol. The fourth-order valence-electron chi connectivity index (χ4n) is 4.28. The number of halogens is 1. The molecule has 1 saturated heterocycles. The second kappa shape index (κ2) is 8.11. The smallest absolute Gasteiger partial charge is 0.147 e. The Balaban J connectivity index is 1.41. The van der Waals surface area contributed by atoms with Crippen molar-refractivity contribution < 1.29 is 0 Å². The molecule has 4 nitrogen and oxygen atoms in total. The van der Waals surface area contributed by atoms with Crippen LogP contribution in [0.4, 0.5) is 11.5 Å². The standard InChI is InChI=1S/C21H25ClN4S/c1-2-23-16-6-5-7-17(20(16)22)27-19-15-24-18(14-25-19)26-12-10-21(11-13-26)8-3-4-9-21/h2,5-7,14-15,23H,1,3-4,8-13H2. The highest BCUT2D eigenvalue weighted by Crippen LogP contribution is 2.46. The van der Waals surface area contributed by atoms with Crippen molar-refractivity contribution in [2.75, 3.05) is 23.3 Å². The van der Waals surface area contributed by atoms with Gasteiger partial charge in [0.25, 0.3) is 0 Å². The van der Waals surface area contributed by atoms with Gasteiger partial charge >= 0.3 is 0 Å². The zero-order valence-corrected chi connectivity index (χ0v) is 17.0. The molecule has 0 amide bonds. The van der Waals surface area contributed by atoms with E-state index in [4.69, 9.17) is 11.6 Å². The van der Waals surface area contributed by atoms with Gasteiger partial charge < -0.3 is 10.2 Å². The minimum atomic E-state index is 0.626. The molecule has 0 bridgehead atoms. The number of anilines is 2. The Morgan fingerprint density at radius 1 is 1.11 bits per heavy atom. The summed E-state index contributed by atoms with van der Waals surface area (Å²) in [6, 6.07) is 5.88. The zero-order valence-electron chi connectivity index (χ0n) is 15.5. The molecule has 1 aromatic carbocycles. The first-order chi connectivity index (χ1) is 13.2. The van der Waals surface area contributed by atoms with Crippen molar-refractivity contribution in [1.29, 1.82) is 0 Å². The van der Waals surface area contributed by atoms with Crippen LogP contribution in [0.1, 0.15) is 38.5 Å². The van der Waals surface area contributed by atoms with Gasteiger partial charge in [0.1, 0.15) is 10.8 Å². The van der Waals surface area contributed by atoms with Gasteiger partial charge in [0.15, 0.2) is 0 Å². The lowest BCUT2D eigenvalue weighted by atomic mass is 9.77. The second-order valence-corrected chi connectivity index (χ2v) is 8.92. The van der Waals surface area contributed by atoms with Crippen molar-refractivity contribution >= 4 is 34.9 Å². The highest BCUT2D eigenvalue weighted by molar-refractivity contribution is 7.99. The molecule has 0 unspecified atom stereocenters. The molecule has 142 valence electrons. The number of aromatic nitrogens is 2. The van der Waals surface area contributed by atoms with E-state index >= 15 is 0 Å². The molecular weight excluding hydrogens is 376 g/mol. The molecule has 0 atom stereocenters. The number of hydrogen-bond acceptors (Lipinski definition) is 5. The van der Waals surface area contributed by atoms with E-state index in [2.05, 4.69) is 26.8 Å². The third kappa shape index (κ3) is 4.09. The summed E-state index contributed by atoms with van der Waals surface area (Å²) < 4.78 is 0. The topological polar surface area (TPSA) is 41.1 Å². The van der Waals surface area contributed by atoms with Crippen LogP contribution < -0.4 is 10.2 Å². The van der Waals surface area contributed by atoms with E-state index in [0.29, 0.717) is 10.4 Å². The Morgan fingerprint density at radius 3 is 2.56 bits per heavy atom. The first-order valence-electron chi connectivity index (χ1n) is 9.60. The van der Waals surface area contributed by atoms with Crippen LogP contribution >= 0.6 is 23.4 Å². The van der Waals surface area contributed by atoms with Crippen LogP contribution in [0, 0.1) is 5.41 Å². The maximum atomic E-state index is 6.46. The van der Waals surface area contributed by atoms with Crippen molar-refractivity contribution in [2.24, 2.45) is 5.41 Å². The summed E-state index contributed by atoms with van der Waals surface area (Å²) in [5.74, 6) is 0.986. The number of piperidine rings is 1. The average molecular weight is 401 g/mol. The van der Waals surface area contributed by atoms with Crippen LogP contribution in [-0.4, -0.2) is 23.1 Å². The van der Waals surface area contributed by atoms with Gasteiger partial charge in [-0.05, 0) is 49.4 Å². The van der Waals surface area contributed by atoms with E-state index in [9.17, 15) is 0 Å². The number of hydrogen-bond donors (Lipinski definition) is 1. The summed E-state index contributed by atoms with van der Waals surface area (Å²) in [5, 5.41) is 4.57. The van der Waals surface area contributed by atoms with Crippen LogP contribution in [-0.2, 0) is 0 Å². The summed E-state index contributed by atoms with van der Waals surface area (Å²) in [6.07, 6.45) is 13.6. The zero-order chi connectivity index (χ0) is 18.7. The maximum Gasteiger partial charge on any atom is 0.147 e. The molecule has 2 heterocycles. The molecule has 2 fully saturated rings. The predicted molar refractivity (Wildman–Crippen MR) is 114 cm³/mol. The van der Waals surface area contributed by atoms with E-state index in [1.54, 1.807) is 6.20 Å². The van der Waals surface area contributed by atoms with Crippen molar-refractivity contribution in [3.05, 3.63) is 48.4 Å². The Hall–Kier alpha value is -1.72. The van der Waals surface area contributed by atoms with E-state index in [1.165, 1.54) is 50.3 Å². The summed E-state index contributed by atoms with van der Waals surface area (Å²) in [5.41, 5.74) is 1.47. The van der Waals surface area contributed by atoms with Gasteiger partial charge in [-0.3, -0.25) is 0 Å². The largest absolute Gasteiger partial charge is 0.361 e. The molecule has 27 heavy (non-hydrogen) atoms. The van der Waals surface area contributed by atoms with Gasteiger partial charge in [0, 0.05) is 18.0 Å². The maximum absolute atomic E-state index is 6.46. The lowest BCUT2D eigenvalue weighted by molar-refractivity contribution is 0.226. The van der Waals surface area contributed by atoms with Crippen LogP contribution in [0.5, 0.6) is 0 Å². The summed E-state index contributed by atoms with van der Waals surface area (Å²) >= 11 is 7.99. The summed E-state index contributed by atoms with van der Waals surface area (Å²) in [4.78, 5) is 12.6. The van der Waals surface area contributed by atoms with E-state index < -0.39 is 0 Å². The van der Waals surface area contributed by atoms with Gasteiger partial charge in [-0.1, -0.05) is 48.8 Å². The molecule has 0 radical (unpaired) electrons. The Bertz CT molecular complexity index is 792. The fourth-order valence-corrected chi connectivity index (χ4v) is 5.36. The second-order valence-electron chi connectivity index (χ2n) is 7.48. The molecule has 1 aliphatic heterocycles. The first kappa shape index (κ1) is 18.6. The number of nitrogens with one attached hydrogen (secondary N) is 1. The molecule has 1 spiro atoms. The lowest BCUT2D eigenvalue weighted by Crippen LogP contribution is -2.39. The Kier molecular flexibility index (Phi) is 5.60. The number of rotatable bonds is 5. The predicted octanol–water partition coefficient (Wildman–Crippen LogP) is 6.00. The third-order valence-corrected chi connectivity index (χ3v) is 7.36. The van der Waals surface area contributed by atoms with Crippen LogP contribution in [0.3, 0.4) is 0 Å². The fraction of sp³-hybridized carbons (Fsp3) is 0.429. The average Bonchev–Trinajstić information content (AvgIpc) is 3.14. The molecular formula is C21H25ClN4S. The summed E-state index contributed by atoms with van der Waals surface area (Å²) in [6.45, 7) is 5.88. The van der Waals surface area contributed by atoms with Crippen molar-refractivity contribution in [3.8, 4) is 0 Å².